The van der Waals surface area contributed by atoms with Crippen LogP contribution in [0.5, 0.6) is 0 Å². The molecule has 1 aromatic carbocycles. The Hall–Kier alpha value is -1.39. The smallest absolute Gasteiger partial charge is 0.123 e. The zero-order valence-electron chi connectivity index (χ0n) is 11.3. The Morgan fingerprint density at radius 2 is 1.78 bits per heavy atom. The van der Waals surface area contributed by atoms with E-state index >= 15 is 0 Å². The molecule has 0 saturated carbocycles. The van der Waals surface area contributed by atoms with E-state index in [0.717, 1.165) is 15.4 Å². The van der Waals surface area contributed by atoms with Gasteiger partial charge in [-0.3, -0.25) is 0 Å². The van der Waals surface area contributed by atoms with E-state index in [1.54, 1.807) is 11.3 Å². The normalized spacial score (nSPS) is 11.6. The number of nitrogens with zero attached hydrogens (tertiary/aromatic N) is 2. The van der Waals surface area contributed by atoms with Crippen LogP contribution in [0.15, 0.2) is 30.5 Å². The van der Waals surface area contributed by atoms with E-state index < -0.39 is 0 Å². The fourth-order valence-corrected chi connectivity index (χ4v) is 2.54. The third-order valence-electron chi connectivity index (χ3n) is 2.77. The minimum Gasteiger partial charge on any atom is -0.378 e. The van der Waals surface area contributed by atoms with Crippen LogP contribution in [0.4, 0.5) is 5.69 Å². The molecule has 4 heteroatoms. The van der Waals surface area contributed by atoms with Gasteiger partial charge in [0.25, 0.3) is 0 Å². The van der Waals surface area contributed by atoms with Gasteiger partial charge in [-0.05, 0) is 38.1 Å². The van der Waals surface area contributed by atoms with Crippen molar-refractivity contribution in [3.63, 3.8) is 0 Å². The summed E-state index contributed by atoms with van der Waals surface area (Å²) in [6.45, 7) is 4.00. The Balaban J connectivity index is 2.29. The first-order valence-corrected chi connectivity index (χ1v) is 6.72. The van der Waals surface area contributed by atoms with Crippen LogP contribution in [-0.4, -0.2) is 19.1 Å². The van der Waals surface area contributed by atoms with E-state index in [4.69, 9.17) is 5.73 Å². The number of hydrogen-bond acceptors (Lipinski definition) is 4. The highest BCUT2D eigenvalue weighted by Crippen LogP contribution is 2.31. The Kier molecular flexibility index (Phi) is 3.41. The lowest BCUT2D eigenvalue weighted by Crippen LogP contribution is -2.27. The molecule has 2 rings (SSSR count). The van der Waals surface area contributed by atoms with Crippen LogP contribution in [0.1, 0.15) is 18.7 Å². The first-order valence-electron chi connectivity index (χ1n) is 5.91. The Bertz CT molecular complexity index is 521. The maximum Gasteiger partial charge on any atom is 0.123 e. The standard InChI is InChI=1S/C14H19N3S/c1-14(2,15)12-9-16-13(18-12)10-5-7-11(8-6-10)17(3)4/h5-9H,15H2,1-4H3. The van der Waals surface area contributed by atoms with Crippen molar-refractivity contribution in [3.05, 3.63) is 35.3 Å². The average Bonchev–Trinajstić information content (AvgIpc) is 2.78. The van der Waals surface area contributed by atoms with Crippen molar-refractivity contribution in [2.24, 2.45) is 5.73 Å². The number of thiazole rings is 1. The second-order valence-electron chi connectivity index (χ2n) is 5.19. The number of hydrogen-bond donors (Lipinski definition) is 1. The largest absolute Gasteiger partial charge is 0.378 e. The van der Waals surface area contributed by atoms with Gasteiger partial charge in [0.1, 0.15) is 5.01 Å². The summed E-state index contributed by atoms with van der Waals surface area (Å²) in [7, 11) is 4.07. The van der Waals surface area contributed by atoms with Gasteiger partial charge in [-0.15, -0.1) is 11.3 Å². The van der Waals surface area contributed by atoms with Gasteiger partial charge in [0, 0.05) is 42.0 Å². The van der Waals surface area contributed by atoms with Crippen molar-refractivity contribution < 1.29 is 0 Å². The Morgan fingerprint density at radius 3 is 2.22 bits per heavy atom. The quantitative estimate of drug-likeness (QED) is 0.923. The zero-order chi connectivity index (χ0) is 13.3. The molecule has 2 N–H and O–H groups in total. The molecule has 96 valence electrons. The van der Waals surface area contributed by atoms with E-state index in [1.807, 2.05) is 34.1 Å². The fraction of sp³-hybridized carbons (Fsp3) is 0.357. The minimum atomic E-state index is -0.320. The SMILES string of the molecule is CN(C)c1ccc(-c2ncc(C(C)(C)N)s2)cc1. The van der Waals surface area contributed by atoms with Gasteiger partial charge in [-0.25, -0.2) is 4.98 Å². The van der Waals surface area contributed by atoms with Gasteiger partial charge < -0.3 is 10.6 Å². The summed E-state index contributed by atoms with van der Waals surface area (Å²) < 4.78 is 0. The molecule has 18 heavy (non-hydrogen) atoms. The maximum absolute atomic E-state index is 6.08. The molecule has 0 saturated heterocycles. The van der Waals surface area contributed by atoms with Crippen molar-refractivity contribution in [2.45, 2.75) is 19.4 Å². The summed E-state index contributed by atoms with van der Waals surface area (Å²) >= 11 is 1.66. The third kappa shape index (κ3) is 2.71. The lowest BCUT2D eigenvalue weighted by atomic mass is 10.1. The molecule has 2 aromatic rings. The summed E-state index contributed by atoms with van der Waals surface area (Å²) in [6.07, 6.45) is 1.87. The van der Waals surface area contributed by atoms with Crippen LogP contribution in [-0.2, 0) is 5.54 Å². The molecule has 0 bridgehead atoms. The van der Waals surface area contributed by atoms with Gasteiger partial charge in [0.15, 0.2) is 0 Å². The van der Waals surface area contributed by atoms with Crippen molar-refractivity contribution >= 4 is 17.0 Å². The lowest BCUT2D eigenvalue weighted by Gasteiger charge is -2.14. The topological polar surface area (TPSA) is 42.2 Å². The third-order valence-corrected chi connectivity index (χ3v) is 4.16. The van der Waals surface area contributed by atoms with Crippen LogP contribution in [0.2, 0.25) is 0 Å². The van der Waals surface area contributed by atoms with E-state index in [2.05, 4.69) is 34.1 Å². The van der Waals surface area contributed by atoms with Crippen LogP contribution in [0.25, 0.3) is 10.6 Å². The van der Waals surface area contributed by atoms with Crippen molar-refractivity contribution in [1.29, 1.82) is 0 Å². The maximum atomic E-state index is 6.08. The van der Waals surface area contributed by atoms with Crippen LogP contribution < -0.4 is 10.6 Å². The molecule has 1 heterocycles. The molecular weight excluding hydrogens is 242 g/mol. The molecule has 0 aliphatic carbocycles. The van der Waals surface area contributed by atoms with E-state index in [-0.39, 0.29) is 5.54 Å². The Labute approximate surface area is 112 Å². The average molecular weight is 261 g/mol. The van der Waals surface area contributed by atoms with Gasteiger partial charge in [-0.2, -0.15) is 0 Å². The van der Waals surface area contributed by atoms with E-state index in [0.29, 0.717) is 0 Å². The summed E-state index contributed by atoms with van der Waals surface area (Å²) in [5.41, 5.74) is 8.09. The number of aromatic nitrogens is 1. The zero-order valence-corrected chi connectivity index (χ0v) is 12.1. The highest BCUT2D eigenvalue weighted by Gasteiger charge is 2.18. The summed E-state index contributed by atoms with van der Waals surface area (Å²) in [6, 6.07) is 8.40. The fourth-order valence-electron chi connectivity index (χ4n) is 1.61. The summed E-state index contributed by atoms with van der Waals surface area (Å²) in [5.74, 6) is 0. The number of benzene rings is 1. The van der Waals surface area contributed by atoms with Crippen molar-refractivity contribution in [1.82, 2.24) is 4.98 Å². The van der Waals surface area contributed by atoms with Gasteiger partial charge >= 0.3 is 0 Å². The molecule has 0 spiro atoms. The van der Waals surface area contributed by atoms with Gasteiger partial charge in [0.2, 0.25) is 0 Å². The molecule has 0 aliphatic rings. The lowest BCUT2D eigenvalue weighted by molar-refractivity contribution is 0.566. The second kappa shape index (κ2) is 4.71. The van der Waals surface area contributed by atoms with Gasteiger partial charge in [-0.1, -0.05) is 0 Å². The number of rotatable bonds is 3. The summed E-state index contributed by atoms with van der Waals surface area (Å²) in [5, 5.41) is 1.02. The molecule has 0 amide bonds. The predicted molar refractivity (Wildman–Crippen MR) is 79.1 cm³/mol. The van der Waals surface area contributed by atoms with Crippen molar-refractivity contribution in [2.75, 3.05) is 19.0 Å². The molecular formula is C14H19N3S. The molecule has 0 unspecified atom stereocenters. The van der Waals surface area contributed by atoms with Crippen LogP contribution >= 0.6 is 11.3 Å². The molecule has 0 fully saturated rings. The molecule has 0 radical (unpaired) electrons. The Morgan fingerprint density at radius 1 is 1.17 bits per heavy atom. The minimum absolute atomic E-state index is 0.320. The van der Waals surface area contributed by atoms with Gasteiger partial charge in [0.05, 0.1) is 0 Å². The molecule has 3 nitrogen and oxygen atoms in total. The highest BCUT2D eigenvalue weighted by molar-refractivity contribution is 7.15. The number of nitrogens with two attached hydrogens (primary N) is 1. The molecule has 1 aromatic heterocycles. The predicted octanol–water partition coefficient (Wildman–Crippen LogP) is 3.07. The first kappa shape index (κ1) is 13.1. The molecule has 0 aliphatic heterocycles. The van der Waals surface area contributed by atoms with Crippen LogP contribution in [0.3, 0.4) is 0 Å². The first-order chi connectivity index (χ1) is 8.38. The van der Waals surface area contributed by atoms with E-state index in [9.17, 15) is 0 Å². The van der Waals surface area contributed by atoms with E-state index in [1.165, 1.54) is 5.69 Å². The second-order valence-corrected chi connectivity index (χ2v) is 6.22. The summed E-state index contributed by atoms with van der Waals surface area (Å²) in [4.78, 5) is 7.64. The molecule has 0 atom stereocenters. The monoisotopic (exact) mass is 261 g/mol. The van der Waals surface area contributed by atoms with Crippen LogP contribution in [0, 0.1) is 0 Å². The van der Waals surface area contributed by atoms with Crippen molar-refractivity contribution in [3.8, 4) is 10.6 Å². The number of anilines is 1. The highest BCUT2D eigenvalue weighted by atomic mass is 32.1.